The Hall–Kier alpha value is -1.86. The molecule has 0 radical (unpaired) electrons. The van der Waals surface area contributed by atoms with Gasteiger partial charge in [0.2, 0.25) is 5.91 Å². The molecule has 0 atom stereocenters. The minimum Gasteiger partial charge on any atom is -0.342 e. The molecule has 0 saturated carbocycles. The van der Waals surface area contributed by atoms with E-state index in [2.05, 4.69) is 15.4 Å². The second-order valence-corrected chi connectivity index (χ2v) is 6.62. The standard InChI is InChI=1S/C17H25N5O2.ClH/c1-10-13(9-14(23)22-7-5-12(18-3)6-8-22)11(2)19-16-15(10)17(24)20-21(16)4;/h12,18H,5-9H2,1-4H3,(H,20,24);1H. The number of aromatic amines is 1. The van der Waals surface area contributed by atoms with Crippen molar-refractivity contribution in [3.63, 3.8) is 0 Å². The van der Waals surface area contributed by atoms with Crippen LogP contribution in [-0.4, -0.2) is 51.8 Å². The van der Waals surface area contributed by atoms with Crippen molar-refractivity contribution in [2.75, 3.05) is 20.1 Å². The van der Waals surface area contributed by atoms with Crippen LogP contribution in [0.15, 0.2) is 4.79 Å². The molecule has 1 saturated heterocycles. The lowest BCUT2D eigenvalue weighted by Gasteiger charge is -2.32. The molecule has 1 fully saturated rings. The summed E-state index contributed by atoms with van der Waals surface area (Å²) in [4.78, 5) is 31.3. The number of halogens is 1. The fraction of sp³-hybridized carbons (Fsp3) is 0.588. The minimum absolute atomic E-state index is 0. The molecule has 1 amide bonds. The maximum atomic E-state index is 12.7. The van der Waals surface area contributed by atoms with E-state index in [1.54, 1.807) is 11.7 Å². The molecule has 0 aromatic carbocycles. The first kappa shape index (κ1) is 19.5. The van der Waals surface area contributed by atoms with Crippen LogP contribution in [0.1, 0.15) is 29.7 Å². The van der Waals surface area contributed by atoms with E-state index >= 15 is 0 Å². The summed E-state index contributed by atoms with van der Waals surface area (Å²) in [7, 11) is 3.74. The third kappa shape index (κ3) is 3.57. The number of amides is 1. The third-order valence-corrected chi connectivity index (χ3v) is 5.16. The number of hydrogen-bond acceptors (Lipinski definition) is 4. The van der Waals surface area contributed by atoms with Crippen LogP contribution in [0.5, 0.6) is 0 Å². The van der Waals surface area contributed by atoms with Crippen LogP contribution in [0, 0.1) is 13.8 Å². The topological polar surface area (TPSA) is 83.0 Å². The number of hydrogen-bond donors (Lipinski definition) is 2. The van der Waals surface area contributed by atoms with Gasteiger partial charge in [0, 0.05) is 31.9 Å². The molecule has 7 nitrogen and oxygen atoms in total. The van der Waals surface area contributed by atoms with Gasteiger partial charge < -0.3 is 10.2 Å². The molecule has 1 aliphatic rings. The van der Waals surface area contributed by atoms with Gasteiger partial charge in [-0.25, -0.2) is 4.98 Å². The van der Waals surface area contributed by atoms with Gasteiger partial charge in [-0.3, -0.25) is 19.4 Å². The summed E-state index contributed by atoms with van der Waals surface area (Å²) >= 11 is 0. The number of nitrogens with one attached hydrogen (secondary N) is 2. The molecule has 25 heavy (non-hydrogen) atoms. The van der Waals surface area contributed by atoms with Crippen LogP contribution in [0.25, 0.3) is 11.0 Å². The van der Waals surface area contributed by atoms with Gasteiger partial charge in [0.1, 0.15) is 0 Å². The number of carbonyl (C=O) groups is 1. The number of piperidine rings is 1. The third-order valence-electron chi connectivity index (χ3n) is 5.16. The lowest BCUT2D eigenvalue weighted by Crippen LogP contribution is -2.44. The van der Waals surface area contributed by atoms with Gasteiger partial charge in [0.25, 0.3) is 5.56 Å². The molecule has 0 bridgehead atoms. The second kappa shape index (κ2) is 7.58. The predicted octanol–water partition coefficient (Wildman–Crippen LogP) is 1.05. The summed E-state index contributed by atoms with van der Waals surface area (Å²) in [6, 6.07) is 0.499. The zero-order chi connectivity index (χ0) is 17.4. The molecule has 0 spiro atoms. The number of aromatic nitrogens is 3. The molecule has 2 aromatic rings. The summed E-state index contributed by atoms with van der Waals surface area (Å²) in [5.41, 5.74) is 3.04. The number of aryl methyl sites for hydroxylation is 3. The SMILES string of the molecule is CNC1CCN(C(=O)Cc2c(C)nc3c(c2C)c(=O)[nH]n3C)CC1.Cl. The van der Waals surface area contributed by atoms with Crippen molar-refractivity contribution in [3.8, 4) is 0 Å². The van der Waals surface area contributed by atoms with Gasteiger partial charge in [-0.2, -0.15) is 0 Å². The molecule has 2 aromatic heterocycles. The van der Waals surface area contributed by atoms with Crippen LogP contribution in [0.4, 0.5) is 0 Å². The Morgan fingerprint density at radius 1 is 1.32 bits per heavy atom. The second-order valence-electron chi connectivity index (χ2n) is 6.62. The van der Waals surface area contributed by atoms with Gasteiger partial charge in [0.15, 0.2) is 5.65 Å². The van der Waals surface area contributed by atoms with Gasteiger partial charge in [-0.15, -0.1) is 12.4 Å². The average molecular weight is 368 g/mol. The highest BCUT2D eigenvalue weighted by atomic mass is 35.5. The van der Waals surface area contributed by atoms with Crippen molar-refractivity contribution in [1.82, 2.24) is 25.0 Å². The average Bonchev–Trinajstić information content (AvgIpc) is 2.85. The number of carbonyl (C=O) groups excluding carboxylic acids is 1. The molecule has 3 rings (SSSR count). The lowest BCUT2D eigenvalue weighted by molar-refractivity contribution is -0.131. The lowest BCUT2D eigenvalue weighted by atomic mass is 10.00. The zero-order valence-corrected chi connectivity index (χ0v) is 16.0. The van der Waals surface area contributed by atoms with Crippen molar-refractivity contribution in [3.05, 3.63) is 27.2 Å². The van der Waals surface area contributed by atoms with E-state index in [9.17, 15) is 9.59 Å². The van der Waals surface area contributed by atoms with E-state index in [4.69, 9.17) is 0 Å². The van der Waals surface area contributed by atoms with E-state index in [1.165, 1.54) is 0 Å². The summed E-state index contributed by atoms with van der Waals surface area (Å²) in [5, 5.41) is 6.59. The van der Waals surface area contributed by atoms with Crippen molar-refractivity contribution < 1.29 is 4.79 Å². The highest BCUT2D eigenvalue weighted by Gasteiger charge is 2.24. The summed E-state index contributed by atoms with van der Waals surface area (Å²) in [5.74, 6) is 0.115. The summed E-state index contributed by atoms with van der Waals surface area (Å²) in [6.07, 6.45) is 2.27. The summed E-state index contributed by atoms with van der Waals surface area (Å²) < 4.78 is 1.63. The van der Waals surface area contributed by atoms with Crippen LogP contribution in [0.3, 0.4) is 0 Å². The van der Waals surface area contributed by atoms with Gasteiger partial charge >= 0.3 is 0 Å². The quantitative estimate of drug-likeness (QED) is 0.849. The monoisotopic (exact) mass is 367 g/mol. The van der Waals surface area contributed by atoms with E-state index in [0.717, 1.165) is 42.8 Å². The Labute approximate surface area is 153 Å². The Kier molecular flexibility index (Phi) is 5.90. The number of nitrogens with zero attached hydrogens (tertiary/aromatic N) is 3. The molecule has 0 aliphatic carbocycles. The predicted molar refractivity (Wildman–Crippen MR) is 100 cm³/mol. The number of likely N-dealkylation sites (tertiary alicyclic amines) is 1. The Morgan fingerprint density at radius 3 is 2.56 bits per heavy atom. The fourth-order valence-electron chi connectivity index (χ4n) is 3.59. The summed E-state index contributed by atoms with van der Waals surface area (Å²) in [6.45, 7) is 5.37. The van der Waals surface area contributed by atoms with E-state index in [-0.39, 0.29) is 23.9 Å². The van der Waals surface area contributed by atoms with E-state index in [0.29, 0.717) is 23.5 Å². The number of pyridine rings is 1. The molecule has 2 N–H and O–H groups in total. The van der Waals surface area contributed by atoms with Crippen LogP contribution >= 0.6 is 12.4 Å². The normalized spacial score (nSPS) is 15.4. The van der Waals surface area contributed by atoms with Crippen molar-refractivity contribution in [2.24, 2.45) is 7.05 Å². The van der Waals surface area contributed by atoms with Crippen molar-refractivity contribution >= 4 is 29.3 Å². The highest BCUT2D eigenvalue weighted by Crippen LogP contribution is 2.21. The first-order valence-corrected chi connectivity index (χ1v) is 8.42. The molecule has 1 aliphatic heterocycles. The number of H-pyrrole nitrogens is 1. The van der Waals surface area contributed by atoms with Crippen LogP contribution in [-0.2, 0) is 18.3 Å². The molecular formula is C17H26ClN5O2. The maximum Gasteiger partial charge on any atom is 0.273 e. The first-order chi connectivity index (χ1) is 11.4. The number of fused-ring (bicyclic) bond motifs is 1. The van der Waals surface area contributed by atoms with Crippen molar-refractivity contribution in [1.29, 1.82) is 0 Å². The first-order valence-electron chi connectivity index (χ1n) is 8.42. The molecule has 138 valence electrons. The number of rotatable bonds is 3. The van der Waals surface area contributed by atoms with Crippen molar-refractivity contribution in [2.45, 2.75) is 39.2 Å². The smallest absolute Gasteiger partial charge is 0.273 e. The molecule has 8 heteroatoms. The van der Waals surface area contributed by atoms with Gasteiger partial charge in [-0.1, -0.05) is 0 Å². The van der Waals surface area contributed by atoms with E-state index < -0.39 is 0 Å². The van der Waals surface area contributed by atoms with E-state index in [1.807, 2.05) is 25.8 Å². The van der Waals surface area contributed by atoms with Crippen LogP contribution < -0.4 is 10.9 Å². The zero-order valence-electron chi connectivity index (χ0n) is 15.2. The molecule has 3 heterocycles. The maximum absolute atomic E-state index is 12.7. The largest absolute Gasteiger partial charge is 0.342 e. The molecular weight excluding hydrogens is 342 g/mol. The minimum atomic E-state index is -0.152. The molecule has 0 unspecified atom stereocenters. The van der Waals surface area contributed by atoms with Crippen LogP contribution in [0.2, 0.25) is 0 Å². The highest BCUT2D eigenvalue weighted by molar-refractivity contribution is 5.85. The Balaban J connectivity index is 0.00000225. The van der Waals surface area contributed by atoms with Gasteiger partial charge in [-0.05, 0) is 44.9 Å². The fourth-order valence-corrected chi connectivity index (χ4v) is 3.59. The Bertz CT molecular complexity index is 834. The Morgan fingerprint density at radius 2 is 1.96 bits per heavy atom. The van der Waals surface area contributed by atoms with Gasteiger partial charge in [0.05, 0.1) is 11.8 Å².